The topological polar surface area (TPSA) is 85.3 Å². The molecule has 1 heterocycles. The summed E-state index contributed by atoms with van der Waals surface area (Å²) in [6.07, 6.45) is 18.4. The number of allylic oxidation sites excluding steroid dienone is 4. The Bertz CT molecular complexity index is 1510. The summed E-state index contributed by atoms with van der Waals surface area (Å²) >= 11 is 0. The van der Waals surface area contributed by atoms with Gasteiger partial charge in [-0.05, 0) is 87.2 Å². The zero-order valence-electron chi connectivity index (χ0n) is 28.1. The second-order valence-corrected chi connectivity index (χ2v) is 16.4. The molecule has 46 heavy (non-hydrogen) atoms. The number of methoxy groups -OCH3 is 2. The number of amides is 1. The third-order valence-electron chi connectivity index (χ3n) is 14.8. The highest BCUT2D eigenvalue weighted by Gasteiger charge is 2.76. The van der Waals surface area contributed by atoms with Crippen molar-refractivity contribution in [1.82, 2.24) is 4.90 Å². The SMILES string of the molecule is COc1ccc(CN2C[C@@]3(CC[C@H]4[C@]56C=C[C@@]7(C=C5C(=O)C5CCCCC5)C[C@@H](O)CC[C@]7(C)[C@H]6CC[C@@]43C)OC2=O)c(OC)c1. The summed E-state index contributed by atoms with van der Waals surface area (Å²) in [5, 5.41) is 11.0. The Hall–Kier alpha value is -2.80. The van der Waals surface area contributed by atoms with Crippen LogP contribution in [-0.2, 0) is 16.1 Å². The van der Waals surface area contributed by atoms with Gasteiger partial charge in [0.1, 0.15) is 17.1 Å². The highest BCUT2D eigenvalue weighted by molar-refractivity contribution is 6.00. The molecule has 0 aromatic heterocycles. The highest BCUT2D eigenvalue weighted by atomic mass is 16.6. The zero-order chi connectivity index (χ0) is 32.1. The van der Waals surface area contributed by atoms with Gasteiger partial charge in [0.2, 0.25) is 0 Å². The van der Waals surface area contributed by atoms with E-state index < -0.39 is 5.60 Å². The number of hydrogen-bond donors (Lipinski definition) is 1. The van der Waals surface area contributed by atoms with Crippen molar-refractivity contribution in [3.05, 3.63) is 47.6 Å². The predicted octanol–water partition coefficient (Wildman–Crippen LogP) is 7.40. The Morgan fingerprint density at radius 2 is 1.70 bits per heavy atom. The van der Waals surface area contributed by atoms with Gasteiger partial charge in [-0.3, -0.25) is 9.69 Å². The number of aliphatic hydroxyl groups excluding tert-OH is 1. The molecule has 1 N–H and O–H groups in total. The lowest BCUT2D eigenvalue weighted by Gasteiger charge is -2.71. The third-order valence-corrected chi connectivity index (χ3v) is 14.8. The molecule has 3 spiro atoms. The minimum Gasteiger partial charge on any atom is -0.497 e. The number of carbonyl (C=O) groups excluding carboxylic acids is 2. The number of carbonyl (C=O) groups is 2. The van der Waals surface area contributed by atoms with E-state index in [2.05, 4.69) is 32.1 Å². The number of ether oxygens (including phenoxy) is 3. The quantitative estimate of drug-likeness (QED) is 0.330. The average molecular weight is 630 g/mol. The van der Waals surface area contributed by atoms with Gasteiger partial charge < -0.3 is 19.3 Å². The Labute approximate surface area is 273 Å². The van der Waals surface area contributed by atoms with Gasteiger partial charge in [0, 0.05) is 39.4 Å². The molecule has 0 radical (unpaired) electrons. The van der Waals surface area contributed by atoms with Crippen LogP contribution < -0.4 is 9.47 Å². The molecule has 7 heteroatoms. The van der Waals surface area contributed by atoms with Gasteiger partial charge in [-0.1, -0.05) is 51.3 Å². The Balaban J connectivity index is 1.17. The number of aliphatic hydroxyl groups is 1. The van der Waals surface area contributed by atoms with Gasteiger partial charge in [0.15, 0.2) is 5.78 Å². The summed E-state index contributed by atoms with van der Waals surface area (Å²) in [6.45, 7) is 5.80. The second-order valence-electron chi connectivity index (χ2n) is 16.4. The summed E-state index contributed by atoms with van der Waals surface area (Å²) in [6, 6.07) is 5.74. The second kappa shape index (κ2) is 10.3. The highest BCUT2D eigenvalue weighted by Crippen LogP contribution is 2.79. The molecule has 7 nitrogen and oxygen atoms in total. The number of ketones is 1. The van der Waals surface area contributed by atoms with Gasteiger partial charge in [0.05, 0.1) is 33.4 Å². The number of hydrogen-bond acceptors (Lipinski definition) is 6. The number of fused-ring (bicyclic) bond motifs is 2. The van der Waals surface area contributed by atoms with Crippen molar-refractivity contribution in [2.75, 3.05) is 20.8 Å². The van der Waals surface area contributed by atoms with Gasteiger partial charge in [-0.15, -0.1) is 0 Å². The van der Waals surface area contributed by atoms with E-state index in [1.54, 1.807) is 14.2 Å². The van der Waals surface area contributed by atoms with Crippen molar-refractivity contribution in [3.8, 4) is 11.5 Å². The standard InChI is InChI=1S/C39H51NO6/c1-35-15-12-27(41)21-37(35)18-19-39(29(22-37)33(42)25-8-6-5-7-9-25)31(35)13-16-36(2)32(39)14-17-38(36)24-40(34(43)46-38)23-26-10-11-28(44-3)20-30(26)45-4/h10-11,18-20,22,25,27,31-32,41H,5-9,12-17,21,23-24H2,1-4H3/t27-,31+,32+,35+,36-,37-,38+,39+/m0/s1. The van der Waals surface area contributed by atoms with Crippen LogP contribution >= 0.6 is 0 Å². The Morgan fingerprint density at radius 3 is 2.46 bits per heavy atom. The zero-order valence-corrected chi connectivity index (χ0v) is 28.1. The lowest BCUT2D eigenvalue weighted by molar-refractivity contribution is -0.169. The molecule has 1 aliphatic heterocycles. The van der Waals surface area contributed by atoms with Crippen molar-refractivity contribution in [3.63, 3.8) is 0 Å². The molecular weight excluding hydrogens is 578 g/mol. The maximum atomic E-state index is 14.8. The summed E-state index contributed by atoms with van der Waals surface area (Å²) in [5.74, 6) is 2.43. The molecule has 1 saturated heterocycles. The van der Waals surface area contributed by atoms with Crippen molar-refractivity contribution < 1.29 is 28.9 Å². The van der Waals surface area contributed by atoms with Crippen molar-refractivity contribution in [1.29, 1.82) is 0 Å². The van der Waals surface area contributed by atoms with Gasteiger partial charge in [0.25, 0.3) is 0 Å². The fourth-order valence-corrected chi connectivity index (χ4v) is 12.3. The van der Waals surface area contributed by atoms with Crippen LogP contribution in [0.5, 0.6) is 11.5 Å². The molecule has 9 rings (SSSR count). The number of rotatable bonds is 6. The van der Waals surface area contributed by atoms with Crippen LogP contribution in [0.1, 0.15) is 96.5 Å². The van der Waals surface area contributed by atoms with Gasteiger partial charge in [-0.25, -0.2) is 4.79 Å². The minimum atomic E-state index is -0.601. The van der Waals surface area contributed by atoms with Crippen LogP contribution in [0.2, 0.25) is 0 Å². The first-order valence-corrected chi connectivity index (χ1v) is 17.9. The van der Waals surface area contributed by atoms with Gasteiger partial charge in [-0.2, -0.15) is 0 Å². The number of nitrogens with zero attached hydrogens (tertiary/aromatic N) is 1. The molecule has 248 valence electrons. The first-order chi connectivity index (χ1) is 22.0. The van der Waals surface area contributed by atoms with E-state index in [1.807, 2.05) is 23.1 Å². The maximum absolute atomic E-state index is 14.8. The van der Waals surface area contributed by atoms with E-state index in [0.29, 0.717) is 42.7 Å². The van der Waals surface area contributed by atoms with Crippen LogP contribution in [0.25, 0.3) is 0 Å². The fourth-order valence-electron chi connectivity index (χ4n) is 12.3. The maximum Gasteiger partial charge on any atom is 0.410 e. The lowest BCUT2D eigenvalue weighted by Crippen LogP contribution is -2.67. The first-order valence-electron chi connectivity index (χ1n) is 17.9. The average Bonchev–Trinajstić information content (AvgIpc) is 3.55. The smallest absolute Gasteiger partial charge is 0.410 e. The van der Waals surface area contributed by atoms with Crippen LogP contribution in [0, 0.1) is 39.4 Å². The van der Waals surface area contributed by atoms with E-state index in [9.17, 15) is 14.7 Å². The molecule has 5 fully saturated rings. The Kier molecular flexibility index (Phi) is 6.87. The molecular formula is C39H51NO6. The largest absolute Gasteiger partial charge is 0.497 e. The monoisotopic (exact) mass is 629 g/mol. The number of benzene rings is 1. The molecule has 2 bridgehead atoms. The summed E-state index contributed by atoms with van der Waals surface area (Å²) in [4.78, 5) is 30.4. The van der Waals surface area contributed by atoms with E-state index in [1.165, 1.54) is 6.42 Å². The molecule has 1 amide bonds. The minimum absolute atomic E-state index is 0.00227. The molecule has 0 unspecified atom stereocenters. The third kappa shape index (κ3) is 3.87. The molecule has 8 aliphatic rings. The van der Waals surface area contributed by atoms with Crippen LogP contribution in [-0.4, -0.2) is 54.4 Å². The first kappa shape index (κ1) is 30.5. The van der Waals surface area contributed by atoms with E-state index in [4.69, 9.17) is 14.2 Å². The van der Waals surface area contributed by atoms with Crippen LogP contribution in [0.3, 0.4) is 0 Å². The summed E-state index contributed by atoms with van der Waals surface area (Å²) in [7, 11) is 3.28. The lowest BCUT2D eigenvalue weighted by atomic mass is 9.32. The van der Waals surface area contributed by atoms with Gasteiger partial charge >= 0.3 is 6.09 Å². The van der Waals surface area contributed by atoms with Crippen molar-refractivity contribution in [2.24, 2.45) is 39.4 Å². The Morgan fingerprint density at radius 1 is 0.957 bits per heavy atom. The molecule has 1 aromatic rings. The predicted molar refractivity (Wildman–Crippen MR) is 174 cm³/mol. The van der Waals surface area contributed by atoms with Crippen molar-refractivity contribution in [2.45, 2.75) is 109 Å². The number of Topliss-reactive ketones (excluding diaryl/α,β-unsaturated/α-hetero) is 1. The van der Waals surface area contributed by atoms with E-state index in [0.717, 1.165) is 75.3 Å². The van der Waals surface area contributed by atoms with E-state index in [-0.39, 0.29) is 45.7 Å². The summed E-state index contributed by atoms with van der Waals surface area (Å²) < 4.78 is 17.6. The van der Waals surface area contributed by atoms with Crippen molar-refractivity contribution >= 4 is 11.9 Å². The molecule has 4 saturated carbocycles. The molecule has 8 atom stereocenters. The van der Waals surface area contributed by atoms with E-state index >= 15 is 0 Å². The van der Waals surface area contributed by atoms with Crippen LogP contribution in [0.15, 0.2) is 42.0 Å². The molecule has 7 aliphatic carbocycles. The normalized spacial score (nSPS) is 42.7. The molecule has 1 aromatic carbocycles. The fraction of sp³-hybridized carbons (Fsp3) is 0.692. The summed E-state index contributed by atoms with van der Waals surface area (Å²) in [5.41, 5.74) is 0.478. The van der Waals surface area contributed by atoms with Crippen LogP contribution in [0.4, 0.5) is 4.79 Å².